The third-order valence-corrected chi connectivity index (χ3v) is 4.19. The van der Waals surface area contributed by atoms with Crippen LogP contribution in [0, 0.1) is 0 Å². The third-order valence-electron chi connectivity index (χ3n) is 4.19. The first-order chi connectivity index (χ1) is 13.6. The number of nitrogens with one attached hydrogen (secondary N) is 1. The van der Waals surface area contributed by atoms with E-state index in [0.717, 1.165) is 6.54 Å². The molecule has 2 heterocycles. The van der Waals surface area contributed by atoms with Gasteiger partial charge in [0.05, 0.1) is 13.7 Å². The molecule has 0 aliphatic carbocycles. The van der Waals surface area contributed by atoms with Gasteiger partial charge >= 0.3 is 6.18 Å². The summed E-state index contributed by atoms with van der Waals surface area (Å²) in [6, 6.07) is 5.80. The van der Waals surface area contributed by atoms with Crippen LogP contribution >= 0.6 is 0 Å². The minimum atomic E-state index is -4.59. The number of halogens is 3. The second-order valence-electron chi connectivity index (χ2n) is 6.32. The first kappa shape index (κ1) is 22.2. The topological polar surface area (TPSA) is 72.7 Å². The molecule has 0 bridgehead atoms. The number of hydrogen-bond acceptors (Lipinski definition) is 4. The van der Waals surface area contributed by atoms with Gasteiger partial charge in [0.2, 0.25) is 5.91 Å². The number of methoxy groups -OCH3 is 1. The van der Waals surface area contributed by atoms with E-state index in [2.05, 4.69) is 10.3 Å². The number of ether oxygens (including phenoxy) is 1. The number of rotatable bonds is 2. The Bertz CT molecular complexity index is 995. The second kappa shape index (κ2) is 8.93. The Morgan fingerprint density at radius 2 is 1.93 bits per heavy atom. The lowest BCUT2D eigenvalue weighted by Crippen LogP contribution is -2.24. The van der Waals surface area contributed by atoms with E-state index in [1.54, 1.807) is 19.2 Å². The van der Waals surface area contributed by atoms with E-state index < -0.39 is 11.9 Å². The van der Waals surface area contributed by atoms with Crippen molar-refractivity contribution in [1.29, 1.82) is 0 Å². The van der Waals surface area contributed by atoms with Gasteiger partial charge in [-0.25, -0.2) is 0 Å². The molecule has 6 nitrogen and oxygen atoms in total. The molecule has 0 spiro atoms. The lowest BCUT2D eigenvalue weighted by atomic mass is 9.95. The Morgan fingerprint density at radius 1 is 1.24 bits per heavy atom. The predicted molar refractivity (Wildman–Crippen MR) is 104 cm³/mol. The summed E-state index contributed by atoms with van der Waals surface area (Å²) in [7, 11) is 2.95. The maximum atomic E-state index is 13.4. The Kier molecular flexibility index (Phi) is 6.84. The number of aliphatic imine (C=N–C) groups is 1. The molecular weight excluding hydrogens is 387 g/mol. The van der Waals surface area contributed by atoms with Crippen molar-refractivity contribution in [1.82, 2.24) is 9.88 Å². The summed E-state index contributed by atoms with van der Waals surface area (Å²) in [5.41, 5.74) is 0.118. The van der Waals surface area contributed by atoms with Crippen LogP contribution in [0.5, 0.6) is 5.75 Å². The van der Waals surface area contributed by atoms with E-state index >= 15 is 0 Å². The molecule has 156 valence electrons. The number of carbonyl (C=O) groups is 1. The molecule has 29 heavy (non-hydrogen) atoms. The summed E-state index contributed by atoms with van der Waals surface area (Å²) >= 11 is 0. The maximum Gasteiger partial charge on any atom is 0.433 e. The number of pyridine rings is 1. The van der Waals surface area contributed by atoms with Crippen molar-refractivity contribution in [3.63, 3.8) is 0 Å². The first-order valence-corrected chi connectivity index (χ1v) is 8.82. The van der Waals surface area contributed by atoms with E-state index in [4.69, 9.17) is 4.74 Å². The number of amides is 1. The zero-order valence-corrected chi connectivity index (χ0v) is 16.6. The van der Waals surface area contributed by atoms with E-state index in [9.17, 15) is 22.8 Å². The van der Waals surface area contributed by atoms with Crippen molar-refractivity contribution >= 4 is 11.6 Å². The van der Waals surface area contributed by atoms with Crippen LogP contribution in [0.4, 0.5) is 13.2 Å². The maximum absolute atomic E-state index is 13.4. The van der Waals surface area contributed by atoms with Gasteiger partial charge in [-0.05, 0) is 36.2 Å². The molecule has 3 rings (SSSR count). The molecule has 0 atom stereocenters. The highest BCUT2D eigenvalue weighted by molar-refractivity contribution is 6.10. The van der Waals surface area contributed by atoms with Crippen LogP contribution in [0.3, 0.4) is 0 Å². The molecule has 1 N–H and O–H groups in total. The highest BCUT2D eigenvalue weighted by Crippen LogP contribution is 2.36. The number of fused-ring (bicyclic) bond motifs is 3. The summed E-state index contributed by atoms with van der Waals surface area (Å²) in [4.78, 5) is 25.4. The van der Waals surface area contributed by atoms with Crippen molar-refractivity contribution in [2.45, 2.75) is 26.6 Å². The average molecular weight is 409 g/mol. The summed E-state index contributed by atoms with van der Waals surface area (Å²) in [5, 5.41) is 2.57. The number of nitrogens with zero attached hydrogens (tertiary/aromatic N) is 2. The molecule has 0 saturated heterocycles. The monoisotopic (exact) mass is 409 g/mol. The van der Waals surface area contributed by atoms with Crippen LogP contribution in [-0.4, -0.2) is 36.0 Å². The summed E-state index contributed by atoms with van der Waals surface area (Å²) in [6.45, 7) is 3.93. The minimum absolute atomic E-state index is 0.0394. The zero-order valence-electron chi connectivity index (χ0n) is 16.6. The SMILES string of the molecule is CCNC(C)=O.COc1ccc2c(c1)C(C(F)(F)F)=NCc1cc(=O)n(C)cc1-2. The van der Waals surface area contributed by atoms with E-state index in [0.29, 0.717) is 22.4 Å². The van der Waals surface area contributed by atoms with E-state index in [1.807, 2.05) is 6.92 Å². The van der Waals surface area contributed by atoms with Gasteiger partial charge in [0, 0.05) is 43.9 Å². The molecule has 0 radical (unpaired) electrons. The van der Waals surface area contributed by atoms with Crippen molar-refractivity contribution in [2.24, 2.45) is 12.0 Å². The molecule has 1 aliphatic heterocycles. The molecule has 2 aromatic rings. The Labute approximate surface area is 166 Å². The molecular formula is C20H22F3N3O3. The van der Waals surface area contributed by atoms with Crippen LogP contribution in [0.25, 0.3) is 11.1 Å². The predicted octanol–water partition coefficient (Wildman–Crippen LogP) is 3.07. The normalized spacial score (nSPS) is 12.4. The zero-order chi connectivity index (χ0) is 21.8. The average Bonchev–Trinajstić information content (AvgIpc) is 2.78. The van der Waals surface area contributed by atoms with Gasteiger partial charge in [0.1, 0.15) is 11.5 Å². The van der Waals surface area contributed by atoms with Gasteiger partial charge < -0.3 is 14.6 Å². The number of alkyl halides is 3. The second-order valence-corrected chi connectivity index (χ2v) is 6.32. The van der Waals surface area contributed by atoms with Crippen LogP contribution in [0.15, 0.2) is 40.2 Å². The molecule has 1 aliphatic rings. The Morgan fingerprint density at radius 3 is 2.45 bits per heavy atom. The molecule has 1 amide bonds. The number of carbonyl (C=O) groups excluding carboxylic acids is 1. The standard InChI is InChI=1S/C16H13F3N2O2.C4H9NO/c1-21-8-13-9(5-14(21)22)7-20-15(16(17,18)19)12-6-10(23-2)3-4-11(12)13;1-3-5-4(2)6/h3-6,8H,7H2,1-2H3;3H2,1-2H3,(H,5,6). The Hall–Kier alpha value is -3.10. The third kappa shape index (κ3) is 5.24. The fraction of sp³-hybridized carbons (Fsp3) is 0.350. The van der Waals surface area contributed by atoms with Gasteiger partial charge in [-0.15, -0.1) is 0 Å². The van der Waals surface area contributed by atoms with Crippen LogP contribution in [0.1, 0.15) is 25.0 Å². The minimum Gasteiger partial charge on any atom is -0.497 e. The highest BCUT2D eigenvalue weighted by atomic mass is 19.4. The van der Waals surface area contributed by atoms with Gasteiger partial charge in [-0.2, -0.15) is 13.2 Å². The highest BCUT2D eigenvalue weighted by Gasteiger charge is 2.39. The van der Waals surface area contributed by atoms with Crippen LogP contribution in [0.2, 0.25) is 0 Å². The Balaban J connectivity index is 0.000000438. The van der Waals surface area contributed by atoms with Crippen molar-refractivity contribution in [3.8, 4) is 16.9 Å². The van der Waals surface area contributed by atoms with Gasteiger partial charge in [0.25, 0.3) is 5.56 Å². The fourth-order valence-electron chi connectivity index (χ4n) is 2.86. The lowest BCUT2D eigenvalue weighted by molar-refractivity contribution is -0.118. The summed E-state index contributed by atoms with van der Waals surface area (Å²) in [5.74, 6) is 0.353. The lowest BCUT2D eigenvalue weighted by Gasteiger charge is -2.15. The van der Waals surface area contributed by atoms with Crippen molar-refractivity contribution in [2.75, 3.05) is 13.7 Å². The fourth-order valence-corrected chi connectivity index (χ4v) is 2.86. The number of hydrogen-bond donors (Lipinski definition) is 1. The number of aromatic nitrogens is 1. The molecule has 0 saturated carbocycles. The largest absolute Gasteiger partial charge is 0.497 e. The summed E-state index contributed by atoms with van der Waals surface area (Å²) in [6.07, 6.45) is -3.05. The molecule has 0 unspecified atom stereocenters. The smallest absolute Gasteiger partial charge is 0.433 e. The van der Waals surface area contributed by atoms with Crippen LogP contribution in [-0.2, 0) is 18.4 Å². The molecule has 0 fully saturated rings. The van der Waals surface area contributed by atoms with Gasteiger partial charge in [-0.3, -0.25) is 14.6 Å². The van der Waals surface area contributed by atoms with E-state index in [1.165, 1.54) is 36.9 Å². The van der Waals surface area contributed by atoms with E-state index in [-0.39, 0.29) is 23.6 Å². The molecule has 9 heteroatoms. The molecule has 1 aromatic heterocycles. The summed E-state index contributed by atoms with van der Waals surface area (Å²) < 4.78 is 46.5. The quantitative estimate of drug-likeness (QED) is 0.829. The number of aryl methyl sites for hydroxylation is 1. The van der Waals surface area contributed by atoms with Crippen LogP contribution < -0.4 is 15.6 Å². The first-order valence-electron chi connectivity index (χ1n) is 8.82. The van der Waals surface area contributed by atoms with Crippen molar-refractivity contribution < 1.29 is 22.7 Å². The molecule has 1 aromatic carbocycles. The number of benzene rings is 1. The van der Waals surface area contributed by atoms with Gasteiger partial charge in [-0.1, -0.05) is 0 Å². The van der Waals surface area contributed by atoms with Gasteiger partial charge in [0.15, 0.2) is 0 Å². The van der Waals surface area contributed by atoms with Crippen molar-refractivity contribution in [3.05, 3.63) is 51.9 Å².